The highest BCUT2D eigenvalue weighted by molar-refractivity contribution is 6.01. The highest BCUT2D eigenvalue weighted by atomic mass is 16.5. The van der Waals surface area contributed by atoms with E-state index < -0.39 is 0 Å². The Balaban J connectivity index is 1.33. The second-order valence-electron chi connectivity index (χ2n) is 8.22. The Morgan fingerprint density at radius 1 is 1.09 bits per heavy atom. The molecule has 2 aromatic carbocycles. The molecule has 7 heteroatoms. The Morgan fingerprint density at radius 3 is 2.50 bits per heavy atom. The molecule has 2 aromatic rings. The van der Waals surface area contributed by atoms with Gasteiger partial charge >= 0.3 is 0 Å². The number of hydrogen-bond acceptors (Lipinski definition) is 5. The summed E-state index contributed by atoms with van der Waals surface area (Å²) in [6.45, 7) is 6.55. The van der Waals surface area contributed by atoms with E-state index in [2.05, 4.69) is 11.0 Å². The van der Waals surface area contributed by atoms with Gasteiger partial charge in [-0.3, -0.25) is 14.5 Å². The smallest absolute Gasteiger partial charge is 0.228 e. The number of ether oxygens (including phenoxy) is 1. The topological polar surface area (TPSA) is 76.9 Å². The average Bonchev–Trinajstić information content (AvgIpc) is 3.21. The van der Waals surface area contributed by atoms with E-state index in [-0.39, 0.29) is 24.2 Å². The molecule has 2 heterocycles. The number of anilines is 1. The van der Waals surface area contributed by atoms with Crippen molar-refractivity contribution < 1.29 is 14.3 Å². The summed E-state index contributed by atoms with van der Waals surface area (Å²) in [4.78, 5) is 31.7. The molecule has 2 aliphatic heterocycles. The fraction of sp³-hybridized carbons (Fsp3) is 0.400. The monoisotopic (exact) mass is 432 g/mol. The predicted molar refractivity (Wildman–Crippen MR) is 121 cm³/mol. The number of nitriles is 1. The number of carbonyl (C=O) groups excluding carboxylic acids is 2. The second-order valence-corrected chi connectivity index (χ2v) is 8.22. The molecule has 0 radical (unpaired) electrons. The van der Waals surface area contributed by atoms with Crippen molar-refractivity contribution in [2.75, 3.05) is 44.2 Å². The van der Waals surface area contributed by atoms with Gasteiger partial charge in [0, 0.05) is 45.7 Å². The van der Waals surface area contributed by atoms with Crippen LogP contribution in [0.5, 0.6) is 5.75 Å². The Kier molecular flexibility index (Phi) is 6.72. The van der Waals surface area contributed by atoms with Gasteiger partial charge in [0.1, 0.15) is 5.75 Å². The summed E-state index contributed by atoms with van der Waals surface area (Å²) < 4.78 is 5.67. The summed E-state index contributed by atoms with van der Waals surface area (Å²) in [5.41, 5.74) is 2.56. The predicted octanol–water partition coefficient (Wildman–Crippen LogP) is 2.65. The van der Waals surface area contributed by atoms with Crippen LogP contribution in [0.4, 0.5) is 5.69 Å². The average molecular weight is 433 g/mol. The normalized spacial score (nSPS) is 19.1. The highest BCUT2D eigenvalue weighted by Gasteiger charge is 2.38. The largest absolute Gasteiger partial charge is 0.492 e. The first-order valence-corrected chi connectivity index (χ1v) is 11.1. The van der Waals surface area contributed by atoms with E-state index >= 15 is 0 Å². The van der Waals surface area contributed by atoms with Crippen LogP contribution in [0.2, 0.25) is 0 Å². The second kappa shape index (κ2) is 9.84. The van der Waals surface area contributed by atoms with Gasteiger partial charge < -0.3 is 14.5 Å². The fourth-order valence-electron chi connectivity index (χ4n) is 4.39. The van der Waals surface area contributed by atoms with E-state index in [1.54, 1.807) is 4.90 Å². The van der Waals surface area contributed by atoms with Gasteiger partial charge in [-0.25, -0.2) is 0 Å². The molecular formula is C25H28N4O3. The fourth-order valence-corrected chi connectivity index (χ4v) is 4.39. The molecule has 0 aliphatic carbocycles. The van der Waals surface area contributed by atoms with Crippen molar-refractivity contribution in [3.05, 3.63) is 59.7 Å². The molecule has 2 saturated heterocycles. The van der Waals surface area contributed by atoms with Gasteiger partial charge in [-0.05, 0) is 36.8 Å². The maximum Gasteiger partial charge on any atom is 0.228 e. The zero-order valence-corrected chi connectivity index (χ0v) is 18.4. The van der Waals surface area contributed by atoms with Gasteiger partial charge in [0.15, 0.2) is 0 Å². The Hall–Kier alpha value is -3.37. The van der Waals surface area contributed by atoms with Crippen LogP contribution in [0.3, 0.4) is 0 Å². The number of para-hydroxylation sites is 2. The van der Waals surface area contributed by atoms with Crippen molar-refractivity contribution >= 4 is 17.5 Å². The summed E-state index contributed by atoms with van der Waals surface area (Å²) in [5.74, 6) is 0.387. The lowest BCUT2D eigenvalue weighted by atomic mass is 10.1. The zero-order valence-electron chi connectivity index (χ0n) is 18.4. The van der Waals surface area contributed by atoms with Crippen LogP contribution in [-0.2, 0) is 16.1 Å². The van der Waals surface area contributed by atoms with Gasteiger partial charge in [0.25, 0.3) is 0 Å². The number of hydrogen-bond donors (Lipinski definition) is 0. The third kappa shape index (κ3) is 4.76. The van der Waals surface area contributed by atoms with Crippen LogP contribution in [0.25, 0.3) is 0 Å². The molecule has 7 nitrogen and oxygen atoms in total. The van der Waals surface area contributed by atoms with Crippen LogP contribution in [0.15, 0.2) is 48.5 Å². The summed E-state index contributed by atoms with van der Waals surface area (Å²) in [7, 11) is 0. The molecule has 0 saturated carbocycles. The van der Waals surface area contributed by atoms with Crippen molar-refractivity contribution in [1.29, 1.82) is 5.26 Å². The van der Waals surface area contributed by atoms with Crippen molar-refractivity contribution in [3.63, 3.8) is 0 Å². The molecule has 166 valence electrons. The lowest BCUT2D eigenvalue weighted by Crippen LogP contribution is -2.50. The van der Waals surface area contributed by atoms with Gasteiger partial charge in [0.2, 0.25) is 11.8 Å². The molecule has 1 atom stereocenters. The number of carbonyl (C=O) groups is 2. The minimum absolute atomic E-state index is 0.0324. The maximum atomic E-state index is 13.1. The Bertz CT molecular complexity index is 1010. The van der Waals surface area contributed by atoms with Crippen molar-refractivity contribution in [2.45, 2.75) is 19.9 Å². The number of amides is 2. The maximum absolute atomic E-state index is 13.1. The van der Waals surface area contributed by atoms with Gasteiger partial charge in [-0.15, -0.1) is 0 Å². The van der Waals surface area contributed by atoms with E-state index in [4.69, 9.17) is 10.00 Å². The zero-order chi connectivity index (χ0) is 22.5. The van der Waals surface area contributed by atoms with Crippen LogP contribution in [-0.4, -0.2) is 60.9 Å². The van der Waals surface area contributed by atoms with E-state index in [0.717, 1.165) is 30.9 Å². The molecule has 0 spiro atoms. The molecule has 2 aliphatic rings. The molecule has 0 bridgehead atoms. The molecule has 2 amide bonds. The van der Waals surface area contributed by atoms with Crippen molar-refractivity contribution in [1.82, 2.24) is 9.80 Å². The standard InChI is InChI=1S/C25H28N4O3/c1-2-32-23-6-4-3-5-22(23)29-18-21(15-24(29)30)25(31)28-13-11-27(12-14-28)17-20-9-7-19(16-26)8-10-20/h3-10,21H,2,11-15,17-18H2,1H3/t21-/m1/s1. The Labute approximate surface area is 188 Å². The van der Waals surface area contributed by atoms with E-state index in [0.29, 0.717) is 37.6 Å². The SMILES string of the molecule is CCOc1ccccc1N1C[C@H](C(=O)N2CCN(Cc3ccc(C#N)cc3)CC2)CC1=O. The van der Waals surface area contributed by atoms with Crippen molar-refractivity contribution in [3.8, 4) is 11.8 Å². The number of piperazine rings is 1. The first kappa shape index (κ1) is 21.8. The summed E-state index contributed by atoms with van der Waals surface area (Å²) in [6.07, 6.45) is 0.241. The van der Waals surface area contributed by atoms with Crippen LogP contribution in [0.1, 0.15) is 24.5 Å². The number of rotatable bonds is 6. The van der Waals surface area contributed by atoms with Crippen LogP contribution in [0, 0.1) is 17.2 Å². The van der Waals surface area contributed by atoms with Gasteiger partial charge in [0.05, 0.1) is 29.8 Å². The summed E-state index contributed by atoms with van der Waals surface area (Å²) in [5, 5.41) is 8.93. The van der Waals surface area contributed by atoms with Crippen LogP contribution >= 0.6 is 0 Å². The minimum atomic E-state index is -0.317. The van der Waals surface area contributed by atoms with Crippen molar-refractivity contribution in [2.24, 2.45) is 5.92 Å². The molecule has 0 N–H and O–H groups in total. The molecule has 4 rings (SSSR count). The molecule has 0 unspecified atom stereocenters. The molecule has 0 aromatic heterocycles. The third-order valence-electron chi connectivity index (χ3n) is 6.10. The lowest BCUT2D eigenvalue weighted by Gasteiger charge is -2.36. The summed E-state index contributed by atoms with van der Waals surface area (Å²) >= 11 is 0. The molecule has 32 heavy (non-hydrogen) atoms. The van der Waals surface area contributed by atoms with E-state index in [1.807, 2.05) is 60.4 Å². The molecule has 2 fully saturated rings. The van der Waals surface area contributed by atoms with Crippen LogP contribution < -0.4 is 9.64 Å². The quantitative estimate of drug-likeness (QED) is 0.701. The molecular weight excluding hydrogens is 404 g/mol. The van der Waals surface area contributed by atoms with E-state index in [9.17, 15) is 9.59 Å². The van der Waals surface area contributed by atoms with Gasteiger partial charge in [-0.1, -0.05) is 24.3 Å². The summed E-state index contributed by atoms with van der Waals surface area (Å²) in [6, 6.07) is 17.3. The minimum Gasteiger partial charge on any atom is -0.492 e. The Morgan fingerprint density at radius 2 is 1.81 bits per heavy atom. The van der Waals surface area contributed by atoms with Gasteiger partial charge in [-0.2, -0.15) is 5.26 Å². The third-order valence-corrected chi connectivity index (χ3v) is 6.10. The first-order valence-electron chi connectivity index (χ1n) is 11.1. The first-order chi connectivity index (χ1) is 15.6. The lowest BCUT2D eigenvalue weighted by molar-refractivity contribution is -0.137. The van der Waals surface area contributed by atoms with E-state index in [1.165, 1.54) is 0 Å². The number of benzene rings is 2. The number of nitrogens with zero attached hydrogens (tertiary/aromatic N) is 4. The highest BCUT2D eigenvalue weighted by Crippen LogP contribution is 2.33.